The Labute approximate surface area is 402 Å². The maximum Gasteiger partial charge on any atom is 0.306 e. The predicted molar refractivity (Wildman–Crippen MR) is 279 cm³/mol. The van der Waals surface area contributed by atoms with Crippen molar-refractivity contribution in [3.05, 3.63) is 72.9 Å². The third-order valence-corrected chi connectivity index (χ3v) is 11.7. The molecule has 0 aromatic carbocycles. The van der Waals surface area contributed by atoms with Crippen LogP contribution in [-0.2, 0) is 28.6 Å². The lowest BCUT2D eigenvalue weighted by Crippen LogP contribution is -2.30. The molecule has 0 aliphatic carbocycles. The van der Waals surface area contributed by atoms with Gasteiger partial charge in [0.05, 0.1) is 0 Å². The van der Waals surface area contributed by atoms with Crippen LogP contribution in [0.1, 0.15) is 265 Å². The Morgan fingerprint density at radius 1 is 0.323 bits per heavy atom. The number of carbonyl (C=O) groups is 3. The first-order chi connectivity index (χ1) is 32.0. The first kappa shape index (κ1) is 61.9. The third-order valence-electron chi connectivity index (χ3n) is 11.7. The standard InChI is InChI=1S/C59H102O6/c1-4-7-10-13-16-18-20-22-24-26-28-29-30-31-32-34-35-37-39-41-43-46-49-52-58(61)64-55-56(54-63-57(60)51-48-45-15-12-9-6-3)65-59(62)53-50-47-44-42-40-38-36-33-27-25-23-21-19-17-14-11-8-5-2/h7,10,16,18,22,24,28-29,31-32,35,37,56H,4-6,8-9,11-15,17,19-21,23,25-27,30,33-34,36,38-55H2,1-3H3/b10-7-,18-16-,24-22-,29-28-,32-31-,37-35-. The minimum absolute atomic E-state index is 0.0819. The highest BCUT2D eigenvalue weighted by atomic mass is 16.6. The average Bonchev–Trinajstić information content (AvgIpc) is 3.30. The van der Waals surface area contributed by atoms with Gasteiger partial charge in [-0.25, -0.2) is 0 Å². The average molecular weight is 907 g/mol. The van der Waals surface area contributed by atoms with Gasteiger partial charge in [-0.3, -0.25) is 14.4 Å². The van der Waals surface area contributed by atoms with Crippen LogP contribution < -0.4 is 0 Å². The second-order valence-corrected chi connectivity index (χ2v) is 18.1. The molecule has 0 amide bonds. The van der Waals surface area contributed by atoms with Crippen molar-refractivity contribution in [3.63, 3.8) is 0 Å². The Kier molecular flexibility index (Phi) is 50.9. The minimum Gasteiger partial charge on any atom is -0.462 e. The lowest BCUT2D eigenvalue weighted by molar-refractivity contribution is -0.167. The lowest BCUT2D eigenvalue weighted by atomic mass is 10.0. The topological polar surface area (TPSA) is 78.9 Å². The summed E-state index contributed by atoms with van der Waals surface area (Å²) in [5.74, 6) is -0.910. The summed E-state index contributed by atoms with van der Waals surface area (Å²) in [6.07, 6.45) is 67.7. The monoisotopic (exact) mass is 907 g/mol. The van der Waals surface area contributed by atoms with E-state index in [0.29, 0.717) is 19.3 Å². The number of rotatable bonds is 49. The zero-order valence-electron chi connectivity index (χ0n) is 42.7. The van der Waals surface area contributed by atoms with Gasteiger partial charge in [0.15, 0.2) is 6.10 Å². The Morgan fingerprint density at radius 2 is 0.600 bits per heavy atom. The van der Waals surface area contributed by atoms with Crippen LogP contribution in [0.25, 0.3) is 0 Å². The van der Waals surface area contributed by atoms with Crippen LogP contribution in [0.3, 0.4) is 0 Å². The molecule has 0 heterocycles. The van der Waals surface area contributed by atoms with E-state index in [0.717, 1.165) is 109 Å². The van der Waals surface area contributed by atoms with Crippen LogP contribution in [0, 0.1) is 0 Å². The molecule has 6 nitrogen and oxygen atoms in total. The number of unbranched alkanes of at least 4 members (excludes halogenated alkanes) is 26. The van der Waals surface area contributed by atoms with E-state index in [2.05, 4.69) is 93.7 Å². The lowest BCUT2D eigenvalue weighted by Gasteiger charge is -2.18. The van der Waals surface area contributed by atoms with Gasteiger partial charge in [-0.05, 0) is 70.6 Å². The van der Waals surface area contributed by atoms with Gasteiger partial charge in [0.1, 0.15) is 13.2 Å². The van der Waals surface area contributed by atoms with Crippen LogP contribution in [0.4, 0.5) is 0 Å². The molecule has 0 aromatic heterocycles. The first-order valence-electron chi connectivity index (χ1n) is 27.4. The summed E-state index contributed by atoms with van der Waals surface area (Å²) in [6, 6.07) is 0. The van der Waals surface area contributed by atoms with E-state index in [1.165, 1.54) is 116 Å². The molecule has 0 rings (SSSR count). The Hall–Kier alpha value is -3.15. The predicted octanol–water partition coefficient (Wildman–Crippen LogP) is 18.2. The molecule has 374 valence electrons. The smallest absolute Gasteiger partial charge is 0.306 e. The van der Waals surface area contributed by atoms with Crippen LogP contribution in [0.15, 0.2) is 72.9 Å². The Bertz CT molecular complexity index is 1230. The fraction of sp³-hybridized carbons (Fsp3) is 0.746. The van der Waals surface area contributed by atoms with Crippen molar-refractivity contribution in [3.8, 4) is 0 Å². The summed E-state index contributed by atoms with van der Waals surface area (Å²) < 4.78 is 16.7. The van der Waals surface area contributed by atoms with Gasteiger partial charge in [-0.15, -0.1) is 0 Å². The molecule has 65 heavy (non-hydrogen) atoms. The van der Waals surface area contributed by atoms with E-state index < -0.39 is 6.10 Å². The van der Waals surface area contributed by atoms with Crippen molar-refractivity contribution in [2.24, 2.45) is 0 Å². The van der Waals surface area contributed by atoms with Gasteiger partial charge < -0.3 is 14.2 Å². The summed E-state index contributed by atoms with van der Waals surface area (Å²) in [5, 5.41) is 0. The molecule has 0 bridgehead atoms. The molecule has 0 radical (unpaired) electrons. The quantitative estimate of drug-likeness (QED) is 0.0262. The summed E-state index contributed by atoms with van der Waals surface area (Å²) in [4.78, 5) is 37.8. The molecule has 1 unspecified atom stereocenters. The van der Waals surface area contributed by atoms with Crippen molar-refractivity contribution in [2.75, 3.05) is 13.2 Å². The van der Waals surface area contributed by atoms with E-state index >= 15 is 0 Å². The van der Waals surface area contributed by atoms with Gasteiger partial charge in [0.25, 0.3) is 0 Å². The summed E-state index contributed by atoms with van der Waals surface area (Å²) in [7, 11) is 0. The van der Waals surface area contributed by atoms with Crippen molar-refractivity contribution in [1.82, 2.24) is 0 Å². The molecule has 0 saturated carbocycles. The zero-order valence-corrected chi connectivity index (χ0v) is 42.7. The highest BCUT2D eigenvalue weighted by Crippen LogP contribution is 2.16. The zero-order chi connectivity index (χ0) is 47.2. The van der Waals surface area contributed by atoms with Crippen molar-refractivity contribution in [1.29, 1.82) is 0 Å². The maximum absolute atomic E-state index is 12.8. The third kappa shape index (κ3) is 51.7. The summed E-state index contributed by atoms with van der Waals surface area (Å²) in [6.45, 7) is 6.46. The second kappa shape index (κ2) is 53.5. The molecular formula is C59H102O6. The van der Waals surface area contributed by atoms with E-state index in [-0.39, 0.29) is 31.1 Å². The Balaban J connectivity index is 4.22. The molecule has 1 atom stereocenters. The normalized spacial score (nSPS) is 12.6. The van der Waals surface area contributed by atoms with E-state index in [4.69, 9.17) is 14.2 Å². The molecule has 0 aliphatic heterocycles. The van der Waals surface area contributed by atoms with Crippen LogP contribution in [-0.4, -0.2) is 37.2 Å². The van der Waals surface area contributed by atoms with E-state index in [1.807, 2.05) is 0 Å². The highest BCUT2D eigenvalue weighted by molar-refractivity contribution is 5.71. The fourth-order valence-corrected chi connectivity index (χ4v) is 7.62. The number of hydrogen-bond donors (Lipinski definition) is 0. The fourth-order valence-electron chi connectivity index (χ4n) is 7.62. The molecule has 0 fully saturated rings. The largest absolute Gasteiger partial charge is 0.462 e. The number of esters is 3. The molecule has 0 N–H and O–H groups in total. The van der Waals surface area contributed by atoms with Gasteiger partial charge in [0.2, 0.25) is 0 Å². The number of ether oxygens (including phenoxy) is 3. The number of carbonyl (C=O) groups excluding carboxylic acids is 3. The number of hydrogen-bond acceptors (Lipinski definition) is 6. The molecule has 0 aliphatic rings. The SMILES string of the molecule is CC/C=C\C/C=C\C/C=C\C/C=C\C/C=C\C/C=C\CCCCCCC(=O)OCC(COC(=O)CCCCCCCC)OC(=O)CCCCCCCCCCCCCCCCCCCC. The molecule has 0 spiro atoms. The Morgan fingerprint density at radius 3 is 0.938 bits per heavy atom. The van der Waals surface area contributed by atoms with Crippen molar-refractivity contribution >= 4 is 17.9 Å². The van der Waals surface area contributed by atoms with Gasteiger partial charge in [-0.2, -0.15) is 0 Å². The van der Waals surface area contributed by atoms with Gasteiger partial charge in [0, 0.05) is 19.3 Å². The van der Waals surface area contributed by atoms with Gasteiger partial charge >= 0.3 is 17.9 Å². The van der Waals surface area contributed by atoms with Gasteiger partial charge in [-0.1, -0.05) is 248 Å². The minimum atomic E-state index is -0.781. The second-order valence-electron chi connectivity index (χ2n) is 18.1. The summed E-state index contributed by atoms with van der Waals surface area (Å²) >= 11 is 0. The van der Waals surface area contributed by atoms with E-state index in [1.54, 1.807) is 0 Å². The molecule has 0 aromatic rings. The van der Waals surface area contributed by atoms with Crippen LogP contribution >= 0.6 is 0 Å². The molecule has 0 saturated heterocycles. The maximum atomic E-state index is 12.8. The summed E-state index contributed by atoms with van der Waals surface area (Å²) in [5.41, 5.74) is 0. The van der Waals surface area contributed by atoms with E-state index in [9.17, 15) is 14.4 Å². The van der Waals surface area contributed by atoms with Crippen molar-refractivity contribution in [2.45, 2.75) is 271 Å². The first-order valence-corrected chi connectivity index (χ1v) is 27.4. The molecule has 6 heteroatoms. The molecular weight excluding hydrogens is 805 g/mol. The highest BCUT2D eigenvalue weighted by Gasteiger charge is 2.19. The van der Waals surface area contributed by atoms with Crippen LogP contribution in [0.2, 0.25) is 0 Å². The van der Waals surface area contributed by atoms with Crippen LogP contribution in [0.5, 0.6) is 0 Å². The number of allylic oxidation sites excluding steroid dienone is 12. The van der Waals surface area contributed by atoms with Crippen molar-refractivity contribution < 1.29 is 28.6 Å².